The van der Waals surface area contributed by atoms with Crippen LogP contribution in [0.5, 0.6) is 0 Å². The third kappa shape index (κ3) is 3.55. The monoisotopic (exact) mass is 446 g/mol. The zero-order valence-corrected chi connectivity index (χ0v) is 22.6. The summed E-state index contributed by atoms with van der Waals surface area (Å²) in [5, 5.41) is 21.2. The van der Waals surface area contributed by atoms with Crippen LogP contribution in [0.2, 0.25) is 0 Å². The van der Waals surface area contributed by atoms with Crippen molar-refractivity contribution in [3.63, 3.8) is 0 Å². The molecule has 4 fully saturated rings. The summed E-state index contributed by atoms with van der Waals surface area (Å²) in [5.41, 5.74) is 1.96. The van der Waals surface area contributed by atoms with Crippen molar-refractivity contribution in [2.75, 3.05) is 0 Å². The lowest BCUT2D eigenvalue weighted by Crippen LogP contribution is -2.65. The van der Waals surface area contributed by atoms with E-state index >= 15 is 0 Å². The summed E-state index contributed by atoms with van der Waals surface area (Å²) in [5.74, 6) is 2.39. The van der Waals surface area contributed by atoms with Gasteiger partial charge < -0.3 is 10.2 Å². The second-order valence-corrected chi connectivity index (χ2v) is 14.9. The van der Waals surface area contributed by atoms with E-state index in [9.17, 15) is 10.2 Å². The molecule has 4 aliphatic rings. The summed E-state index contributed by atoms with van der Waals surface area (Å²) >= 11 is 0. The molecule has 2 N–H and O–H groups in total. The van der Waals surface area contributed by atoms with Crippen LogP contribution in [0.4, 0.5) is 0 Å². The molecule has 10 atom stereocenters. The fraction of sp³-hybridized carbons (Fsp3) is 1.00. The lowest BCUT2D eigenvalue weighted by molar-refractivity contribution is -0.236. The second kappa shape index (κ2) is 7.97. The molecule has 4 aliphatic carbocycles. The van der Waals surface area contributed by atoms with Crippen molar-refractivity contribution in [1.82, 2.24) is 0 Å². The summed E-state index contributed by atoms with van der Waals surface area (Å²) in [6, 6.07) is 0. The highest BCUT2D eigenvalue weighted by molar-refractivity contribution is 5.16. The van der Waals surface area contributed by atoms with Gasteiger partial charge in [0.1, 0.15) is 0 Å². The summed E-state index contributed by atoms with van der Waals surface area (Å²) in [6.45, 7) is 19.7. The Morgan fingerprint density at radius 3 is 2.16 bits per heavy atom. The van der Waals surface area contributed by atoms with Crippen molar-refractivity contribution in [2.45, 2.75) is 138 Å². The maximum Gasteiger partial charge on any atom is 0.0571 e. The Kier molecular flexibility index (Phi) is 6.24. The minimum Gasteiger partial charge on any atom is -0.393 e. The van der Waals surface area contributed by atoms with Gasteiger partial charge in [-0.25, -0.2) is 0 Å². The third-order valence-corrected chi connectivity index (χ3v) is 13.0. The topological polar surface area (TPSA) is 40.5 Å². The quantitative estimate of drug-likeness (QED) is 0.466. The van der Waals surface area contributed by atoms with Crippen molar-refractivity contribution in [3.8, 4) is 0 Å². The summed E-state index contributed by atoms with van der Waals surface area (Å²) in [4.78, 5) is 0. The van der Waals surface area contributed by atoms with Gasteiger partial charge in [-0.1, -0.05) is 55.4 Å². The Morgan fingerprint density at radius 1 is 0.812 bits per heavy atom. The fourth-order valence-electron chi connectivity index (χ4n) is 10.2. The average Bonchev–Trinajstić information content (AvgIpc) is 2.71. The summed E-state index contributed by atoms with van der Waals surface area (Å²) in [6.07, 6.45) is 13.5. The Hall–Kier alpha value is -0.0800. The molecule has 0 spiro atoms. The molecule has 2 nitrogen and oxygen atoms in total. The Labute approximate surface area is 199 Å². The molecule has 0 aliphatic heterocycles. The largest absolute Gasteiger partial charge is 0.393 e. The first kappa shape index (κ1) is 25.0. The van der Waals surface area contributed by atoms with Crippen molar-refractivity contribution in [2.24, 2.45) is 50.7 Å². The van der Waals surface area contributed by atoms with Gasteiger partial charge in [0.05, 0.1) is 12.2 Å². The molecule has 186 valence electrons. The first-order valence-electron chi connectivity index (χ1n) is 14.1. The lowest BCUT2D eigenvalue weighted by atomic mass is 9.33. The van der Waals surface area contributed by atoms with Crippen LogP contribution in [0.3, 0.4) is 0 Å². The Morgan fingerprint density at radius 2 is 1.50 bits per heavy atom. The van der Waals surface area contributed by atoms with Crippen LogP contribution in [-0.2, 0) is 0 Å². The van der Waals surface area contributed by atoms with Gasteiger partial charge in [0.15, 0.2) is 0 Å². The molecule has 4 rings (SSSR count). The maximum atomic E-state index is 10.7. The van der Waals surface area contributed by atoms with E-state index in [1.165, 1.54) is 57.8 Å². The molecule has 32 heavy (non-hydrogen) atoms. The predicted octanol–water partition coefficient (Wildman–Crippen LogP) is 7.61. The van der Waals surface area contributed by atoms with Crippen LogP contribution in [0.1, 0.15) is 126 Å². The molecule has 4 saturated carbocycles. The van der Waals surface area contributed by atoms with Gasteiger partial charge in [-0.3, -0.25) is 0 Å². The van der Waals surface area contributed by atoms with Crippen LogP contribution >= 0.6 is 0 Å². The highest BCUT2D eigenvalue weighted by Crippen LogP contribution is 2.75. The molecule has 0 unspecified atom stereocenters. The van der Waals surface area contributed by atoms with Gasteiger partial charge in [0, 0.05) is 0 Å². The minimum atomic E-state index is -0.151. The molecule has 0 aromatic carbocycles. The van der Waals surface area contributed by atoms with Gasteiger partial charge in [-0.05, 0) is 121 Å². The van der Waals surface area contributed by atoms with E-state index in [4.69, 9.17) is 0 Å². The van der Waals surface area contributed by atoms with Crippen LogP contribution in [0, 0.1) is 50.7 Å². The molecule has 0 heterocycles. The van der Waals surface area contributed by atoms with Crippen LogP contribution in [-0.4, -0.2) is 22.4 Å². The summed E-state index contributed by atoms with van der Waals surface area (Å²) in [7, 11) is 0. The smallest absolute Gasteiger partial charge is 0.0571 e. The minimum absolute atomic E-state index is 0.0996. The Bertz CT molecular complexity index is 703. The number of fused-ring (bicyclic) bond motifs is 5. The number of aliphatic hydroxyl groups excluding tert-OH is 2. The SMILES string of the molecule is CC(C)[C@@H](O)CC[C@]1(C)CC[C@]2(C)[C@H]3CC[C@@]4(C)[C@@H](CC[C@H](O)[C@@H]4C)[C@]3(C)CC[C@@]2(C)C1. The number of rotatable bonds is 4. The van der Waals surface area contributed by atoms with Crippen LogP contribution < -0.4 is 0 Å². The predicted molar refractivity (Wildman–Crippen MR) is 134 cm³/mol. The van der Waals surface area contributed by atoms with E-state index in [1.54, 1.807) is 0 Å². The highest BCUT2D eigenvalue weighted by Gasteiger charge is 2.67. The third-order valence-electron chi connectivity index (χ3n) is 13.0. The van der Waals surface area contributed by atoms with Crippen molar-refractivity contribution in [1.29, 1.82) is 0 Å². The van der Waals surface area contributed by atoms with Crippen LogP contribution in [0.25, 0.3) is 0 Å². The zero-order chi connectivity index (χ0) is 23.7. The maximum absolute atomic E-state index is 10.7. The molecular weight excluding hydrogens is 392 g/mol. The first-order chi connectivity index (χ1) is 14.7. The number of aliphatic hydroxyl groups is 2. The number of hydrogen-bond donors (Lipinski definition) is 2. The van der Waals surface area contributed by atoms with E-state index in [0.29, 0.717) is 38.9 Å². The molecule has 0 aromatic heterocycles. The van der Waals surface area contributed by atoms with Gasteiger partial charge in [-0.15, -0.1) is 0 Å². The first-order valence-corrected chi connectivity index (χ1v) is 14.1. The highest BCUT2D eigenvalue weighted by atomic mass is 16.3. The molecule has 0 bridgehead atoms. The van der Waals surface area contributed by atoms with Crippen LogP contribution in [0.15, 0.2) is 0 Å². The van der Waals surface area contributed by atoms with Crippen molar-refractivity contribution < 1.29 is 10.2 Å². The normalized spacial score (nSPS) is 54.5. The molecule has 0 amide bonds. The fourth-order valence-corrected chi connectivity index (χ4v) is 10.2. The average molecular weight is 447 g/mol. The lowest BCUT2D eigenvalue weighted by Gasteiger charge is -2.72. The van der Waals surface area contributed by atoms with Gasteiger partial charge in [-0.2, -0.15) is 0 Å². The van der Waals surface area contributed by atoms with Crippen molar-refractivity contribution >= 4 is 0 Å². The molecule has 0 radical (unpaired) electrons. The molecular formula is C30H54O2. The second-order valence-electron chi connectivity index (χ2n) is 14.9. The standard InChI is InChI=1S/C30H54O2/c1-20(2)22(31)11-13-26(4)15-18-30(8)25-12-14-28(6)21(3)23(32)9-10-24(28)29(25,7)17-16-27(30,5)19-26/h20-25,31-32H,9-19H2,1-8H3/t21-,22-,23-,24+,25-,26+,27-,28+,29-,30+/m0/s1. The van der Waals surface area contributed by atoms with E-state index in [2.05, 4.69) is 55.4 Å². The van der Waals surface area contributed by atoms with Gasteiger partial charge in [0.25, 0.3) is 0 Å². The molecule has 0 aromatic rings. The summed E-state index contributed by atoms with van der Waals surface area (Å²) < 4.78 is 0. The number of hydrogen-bond acceptors (Lipinski definition) is 2. The molecule has 0 saturated heterocycles. The van der Waals surface area contributed by atoms with Gasteiger partial charge in [0.2, 0.25) is 0 Å². The van der Waals surface area contributed by atoms with E-state index < -0.39 is 0 Å². The van der Waals surface area contributed by atoms with Gasteiger partial charge >= 0.3 is 0 Å². The molecule has 2 heteroatoms. The zero-order valence-electron chi connectivity index (χ0n) is 22.6. The van der Waals surface area contributed by atoms with E-state index in [0.717, 1.165) is 24.7 Å². The van der Waals surface area contributed by atoms with Crippen molar-refractivity contribution in [3.05, 3.63) is 0 Å². The van der Waals surface area contributed by atoms with E-state index in [1.807, 2.05) is 0 Å². The Balaban J connectivity index is 1.57. The van der Waals surface area contributed by atoms with E-state index in [-0.39, 0.29) is 12.2 Å².